The Bertz CT molecular complexity index is 1130. The average molecular weight is 468 g/mol. The molecule has 2 aliphatic rings. The van der Waals surface area contributed by atoms with Crippen LogP contribution in [0.4, 0.5) is 15.9 Å². The van der Waals surface area contributed by atoms with Gasteiger partial charge in [0.25, 0.3) is 0 Å². The summed E-state index contributed by atoms with van der Waals surface area (Å²) in [6, 6.07) is 14.3. The molecular weight excluding hydrogens is 443 g/mol. The summed E-state index contributed by atoms with van der Waals surface area (Å²) in [6.45, 7) is 4.34. The molecule has 1 aromatic heterocycles. The molecule has 3 heterocycles. The summed E-state index contributed by atoms with van der Waals surface area (Å²) < 4.78 is 32.4. The summed E-state index contributed by atoms with van der Waals surface area (Å²) in [5.74, 6) is 0.930. The number of ether oxygens (including phenoxy) is 3. The number of fused-ring (bicyclic) bond motifs is 1. The zero-order chi connectivity index (χ0) is 23.7. The smallest absolute Gasteiger partial charge is 0.415 e. The number of anilines is 1. The highest BCUT2D eigenvalue weighted by Gasteiger charge is 2.41. The van der Waals surface area contributed by atoms with Gasteiger partial charge >= 0.3 is 11.8 Å². The van der Waals surface area contributed by atoms with Gasteiger partial charge in [-0.25, -0.2) is 4.39 Å². The first-order valence-corrected chi connectivity index (χ1v) is 11.2. The first-order valence-electron chi connectivity index (χ1n) is 11.2. The summed E-state index contributed by atoms with van der Waals surface area (Å²) in [5.41, 5.74) is 0.464. The van der Waals surface area contributed by atoms with Crippen molar-refractivity contribution in [3.8, 4) is 17.5 Å². The van der Waals surface area contributed by atoms with Gasteiger partial charge in [0.1, 0.15) is 36.2 Å². The van der Waals surface area contributed by atoms with Crippen molar-refractivity contribution in [3.63, 3.8) is 0 Å². The molecule has 1 saturated heterocycles. The molecule has 9 nitrogen and oxygen atoms in total. The van der Waals surface area contributed by atoms with Crippen LogP contribution in [-0.4, -0.2) is 45.9 Å². The molecular formula is C24H25FN4O5. The van der Waals surface area contributed by atoms with Crippen LogP contribution in [0.5, 0.6) is 17.5 Å². The van der Waals surface area contributed by atoms with Gasteiger partial charge < -0.3 is 29.2 Å². The van der Waals surface area contributed by atoms with E-state index >= 15 is 0 Å². The minimum Gasteiger partial charge on any atom is -0.490 e. The average Bonchev–Trinajstić information content (AvgIpc) is 3.36. The Labute approximate surface area is 195 Å². The standard InChI is InChI=1S/C24H25FN4O5/c1-24(15-28-14-22(29(30)31)26-23(28)34-24)16-32-19-8-4-18(5-9-19)27-12-10-21(11-13-27)33-20-6-2-17(25)3-7-20/h2-9,14,21H,10-13,15-16H2,1H3/t24-/m1/s1. The van der Waals surface area contributed by atoms with Crippen molar-refractivity contribution in [1.29, 1.82) is 0 Å². The van der Waals surface area contributed by atoms with E-state index in [2.05, 4.69) is 9.88 Å². The highest BCUT2D eigenvalue weighted by molar-refractivity contribution is 5.49. The number of nitro groups is 1. The van der Waals surface area contributed by atoms with Crippen LogP contribution in [0.3, 0.4) is 0 Å². The first-order chi connectivity index (χ1) is 16.4. The van der Waals surface area contributed by atoms with E-state index in [1.165, 1.54) is 18.3 Å². The van der Waals surface area contributed by atoms with Gasteiger partial charge in [-0.1, -0.05) is 0 Å². The Hall–Kier alpha value is -3.82. The van der Waals surface area contributed by atoms with E-state index in [9.17, 15) is 14.5 Å². The van der Waals surface area contributed by atoms with Gasteiger partial charge in [0.15, 0.2) is 5.60 Å². The second kappa shape index (κ2) is 8.85. The topological polar surface area (TPSA) is 91.9 Å². The number of hydrogen-bond donors (Lipinski definition) is 0. The number of nitrogens with zero attached hydrogens (tertiary/aromatic N) is 4. The molecule has 2 aliphatic heterocycles. The quantitative estimate of drug-likeness (QED) is 0.379. The lowest BCUT2D eigenvalue weighted by atomic mass is 10.1. The second-order valence-electron chi connectivity index (χ2n) is 8.86. The number of imidazole rings is 1. The number of hydrogen-bond acceptors (Lipinski definition) is 7. The number of rotatable bonds is 7. The summed E-state index contributed by atoms with van der Waals surface area (Å²) in [6.07, 6.45) is 3.27. The molecule has 0 unspecified atom stereocenters. The molecule has 0 aliphatic carbocycles. The third-order valence-electron chi connectivity index (χ3n) is 6.06. The zero-order valence-electron chi connectivity index (χ0n) is 18.7. The maximum absolute atomic E-state index is 13.1. The van der Waals surface area contributed by atoms with Crippen molar-refractivity contribution in [2.75, 3.05) is 24.6 Å². The van der Waals surface area contributed by atoms with Gasteiger partial charge in [-0.2, -0.15) is 0 Å². The SMILES string of the molecule is C[C@]1(COc2ccc(N3CCC(Oc4ccc(F)cc4)CC3)cc2)Cn2cc([N+](=O)[O-])nc2O1. The summed E-state index contributed by atoms with van der Waals surface area (Å²) in [7, 11) is 0. The molecule has 2 aromatic carbocycles. The van der Waals surface area contributed by atoms with E-state index in [0.29, 0.717) is 12.3 Å². The Morgan fingerprint density at radius 2 is 1.82 bits per heavy atom. The molecule has 178 valence electrons. The third-order valence-corrected chi connectivity index (χ3v) is 6.06. The van der Waals surface area contributed by atoms with Crippen molar-refractivity contribution in [3.05, 3.63) is 70.7 Å². The minimum atomic E-state index is -0.650. The van der Waals surface area contributed by atoms with Crippen molar-refractivity contribution in [2.45, 2.75) is 38.0 Å². The van der Waals surface area contributed by atoms with Crippen LogP contribution in [0.15, 0.2) is 54.7 Å². The van der Waals surface area contributed by atoms with E-state index in [-0.39, 0.29) is 30.4 Å². The van der Waals surface area contributed by atoms with Crippen molar-refractivity contribution < 1.29 is 23.5 Å². The number of piperidine rings is 1. The van der Waals surface area contributed by atoms with Crippen LogP contribution < -0.4 is 19.1 Å². The number of halogens is 1. The molecule has 1 atom stereocenters. The van der Waals surface area contributed by atoms with Gasteiger partial charge in [0.2, 0.25) is 0 Å². The lowest BCUT2D eigenvalue weighted by Gasteiger charge is -2.33. The monoisotopic (exact) mass is 468 g/mol. The summed E-state index contributed by atoms with van der Waals surface area (Å²) in [5, 5.41) is 10.8. The van der Waals surface area contributed by atoms with Crippen LogP contribution in [0, 0.1) is 15.9 Å². The molecule has 0 N–H and O–H groups in total. The molecule has 0 bridgehead atoms. The van der Waals surface area contributed by atoms with Gasteiger partial charge in [-0.3, -0.25) is 4.57 Å². The Balaban J connectivity index is 1.10. The normalized spacial score (nSPS) is 20.0. The summed E-state index contributed by atoms with van der Waals surface area (Å²) >= 11 is 0. The molecule has 10 heteroatoms. The number of aromatic nitrogens is 2. The fourth-order valence-corrected chi connectivity index (χ4v) is 4.28. The molecule has 0 saturated carbocycles. The number of benzene rings is 2. The van der Waals surface area contributed by atoms with Crippen molar-refractivity contribution in [1.82, 2.24) is 9.55 Å². The summed E-state index contributed by atoms with van der Waals surface area (Å²) in [4.78, 5) is 16.5. The van der Waals surface area contributed by atoms with Crippen LogP contribution in [0.25, 0.3) is 0 Å². The predicted molar refractivity (Wildman–Crippen MR) is 122 cm³/mol. The maximum Gasteiger partial charge on any atom is 0.415 e. The van der Waals surface area contributed by atoms with Crippen LogP contribution in [0.2, 0.25) is 0 Å². The van der Waals surface area contributed by atoms with E-state index in [1.807, 2.05) is 31.2 Å². The van der Waals surface area contributed by atoms with Crippen molar-refractivity contribution >= 4 is 11.5 Å². The maximum atomic E-state index is 13.1. The highest BCUT2D eigenvalue weighted by Crippen LogP contribution is 2.32. The minimum absolute atomic E-state index is 0.118. The van der Waals surface area contributed by atoms with E-state index in [0.717, 1.165) is 37.4 Å². The largest absolute Gasteiger partial charge is 0.490 e. The van der Waals surface area contributed by atoms with Crippen LogP contribution in [0.1, 0.15) is 19.8 Å². The first kappa shape index (κ1) is 22.0. The Kier molecular flexibility index (Phi) is 5.72. The molecule has 5 rings (SSSR count). The Morgan fingerprint density at radius 1 is 1.15 bits per heavy atom. The van der Waals surface area contributed by atoms with Crippen LogP contribution in [-0.2, 0) is 6.54 Å². The van der Waals surface area contributed by atoms with E-state index in [4.69, 9.17) is 14.2 Å². The van der Waals surface area contributed by atoms with Gasteiger partial charge in [-0.15, -0.1) is 0 Å². The molecule has 1 fully saturated rings. The lowest BCUT2D eigenvalue weighted by Crippen LogP contribution is -2.38. The fourth-order valence-electron chi connectivity index (χ4n) is 4.28. The molecule has 0 amide bonds. The van der Waals surface area contributed by atoms with Crippen LogP contribution >= 0.6 is 0 Å². The fraction of sp³-hybridized carbons (Fsp3) is 0.375. The molecule has 34 heavy (non-hydrogen) atoms. The van der Waals surface area contributed by atoms with E-state index < -0.39 is 10.5 Å². The van der Waals surface area contributed by atoms with Gasteiger partial charge in [0, 0.05) is 36.6 Å². The molecule has 3 aromatic rings. The lowest BCUT2D eigenvalue weighted by molar-refractivity contribution is -0.389. The van der Waals surface area contributed by atoms with Crippen molar-refractivity contribution in [2.24, 2.45) is 0 Å². The Morgan fingerprint density at radius 3 is 2.47 bits per heavy atom. The second-order valence-corrected chi connectivity index (χ2v) is 8.86. The highest BCUT2D eigenvalue weighted by atomic mass is 19.1. The third kappa shape index (κ3) is 4.75. The predicted octanol–water partition coefficient (Wildman–Crippen LogP) is 4.21. The molecule has 0 spiro atoms. The zero-order valence-corrected chi connectivity index (χ0v) is 18.7. The van der Waals surface area contributed by atoms with Gasteiger partial charge in [0.05, 0.1) is 6.54 Å². The van der Waals surface area contributed by atoms with Gasteiger partial charge in [-0.05, 0) is 60.4 Å². The molecule has 0 radical (unpaired) electrons. The van der Waals surface area contributed by atoms with E-state index in [1.54, 1.807) is 16.7 Å².